The number of fused-ring (bicyclic) bond motifs is 1. The number of carboxylic acid groups (broad SMARTS) is 1. The molecular weight excluding hydrogens is 1450 g/mol. The summed E-state index contributed by atoms with van der Waals surface area (Å²) in [5.41, 5.74) is 15.8. The molecule has 1 aliphatic rings. The third kappa shape index (κ3) is 25.6. The van der Waals surface area contributed by atoms with Gasteiger partial charge in [0, 0.05) is 90.9 Å². The maximum Gasteiger partial charge on any atom is 0.327 e. The Hall–Kier alpha value is -11.0. The molecule has 1 aliphatic heterocycles. The van der Waals surface area contributed by atoms with E-state index in [9.17, 15) is 58.8 Å². The van der Waals surface area contributed by atoms with Crippen LogP contribution in [0.2, 0.25) is 0 Å². The number of carbonyl (C=O) groups excluding carboxylic acids is 11. The van der Waals surface area contributed by atoms with Gasteiger partial charge in [0.25, 0.3) is 0 Å². The quantitative estimate of drug-likeness (QED) is 0.0275. The van der Waals surface area contributed by atoms with E-state index < -0.39 is 168 Å². The molecule has 0 aliphatic carbocycles. The fourth-order valence-electron chi connectivity index (χ4n) is 11.8. The predicted molar refractivity (Wildman–Crippen MR) is 402 cm³/mol. The van der Waals surface area contributed by atoms with Crippen LogP contribution < -0.4 is 70.0 Å². The van der Waals surface area contributed by atoms with Gasteiger partial charge in [-0.25, -0.2) is 14.8 Å². The van der Waals surface area contributed by atoms with E-state index in [0.29, 0.717) is 51.0 Å². The molecule has 4 aromatic carbocycles. The van der Waals surface area contributed by atoms with Crippen molar-refractivity contribution in [1.29, 1.82) is 0 Å². The van der Waals surface area contributed by atoms with E-state index >= 15 is 19.2 Å². The molecular formula is C73H92N18O16S2. The van der Waals surface area contributed by atoms with Crippen LogP contribution in [0, 0.1) is 0 Å². The van der Waals surface area contributed by atoms with Gasteiger partial charge in [-0.2, -0.15) is 0 Å². The lowest BCUT2D eigenvalue weighted by molar-refractivity contribution is -0.142. The number of rotatable bonds is 20. The van der Waals surface area contributed by atoms with Crippen LogP contribution in [0.1, 0.15) is 66.8 Å². The van der Waals surface area contributed by atoms with Crippen molar-refractivity contribution in [2.75, 3.05) is 24.7 Å². The molecule has 0 saturated carbocycles. The van der Waals surface area contributed by atoms with E-state index in [1.807, 2.05) is 0 Å². The number of aliphatic hydroxyl groups excluding tert-OH is 3. The Morgan fingerprint density at radius 2 is 0.826 bits per heavy atom. The number of aliphatic hydroxyl groups is 3. The van der Waals surface area contributed by atoms with E-state index in [-0.39, 0.29) is 63.7 Å². The number of para-hydroxylation sites is 1. The minimum absolute atomic E-state index is 0.125. The summed E-state index contributed by atoms with van der Waals surface area (Å²) in [5, 5.41) is 72.0. The van der Waals surface area contributed by atoms with Crippen molar-refractivity contribution in [1.82, 2.24) is 83.4 Å². The number of unbranched alkanes of at least 4 members (excludes halogenated alkanes) is 1. The third-order valence-electron chi connectivity index (χ3n) is 17.7. The standard InChI is InChI=1S/C73H92N18O16S2/c1-40(93)60-71(104)87-54(28-44-20-10-5-11-21-44)69(102)91-61(41(2)94)72(105)88-58(35-92)70(103)89-59(73(106)107)37-109-108-36-49(75)62(95)82-56(30-46-33-76-38-79-46)67(100)86-57(31-47-34-77-39-80-47)68(101)84-52(26-42-16-6-3-7-17-42)64(97)83-53(27-43-18-8-4-9-19-43)65(98)85-55(29-45-32-78-50-23-13-12-22-48(45)50)66(99)81-51(63(96)90-60)24-14-15-25-74/h3-13,16-23,32-34,38-41,49,51-61,78,92-94H,14-15,24-31,35-37,74-75H2,1-2H3,(H,76,79)(H,77,80)(H,81,99)(H,82,95)(H,83,97)(H,84,101)(H,85,98)(H,86,100)(H,87,104)(H,88,105)(H,89,103)(H,90,96)(H,91,102)(H,106,107)/t40-,41-,49+,51?,52?,53+,54?,55?,56?,57+,58?,59+,60+,61+/m1/s1. The van der Waals surface area contributed by atoms with E-state index in [0.717, 1.165) is 28.5 Å². The molecule has 11 amide bonds. The predicted octanol–water partition coefficient (Wildman–Crippen LogP) is -2.61. The molecule has 36 heteroatoms. The maximum absolute atomic E-state index is 15.4. The van der Waals surface area contributed by atoms with Crippen molar-refractivity contribution in [2.45, 2.75) is 156 Å². The number of nitrogens with zero attached hydrogens (tertiary/aromatic N) is 2. The third-order valence-corrected chi connectivity index (χ3v) is 20.2. The van der Waals surface area contributed by atoms with Crippen molar-refractivity contribution < 1.29 is 78.0 Å². The molecule has 8 rings (SSSR count). The molecule has 0 spiro atoms. The molecule has 109 heavy (non-hydrogen) atoms. The van der Waals surface area contributed by atoms with Crippen molar-refractivity contribution in [3.63, 3.8) is 0 Å². The smallest absolute Gasteiger partial charge is 0.327 e. The summed E-state index contributed by atoms with van der Waals surface area (Å²) in [6, 6.07) is 12.9. The molecule has 4 heterocycles. The molecule has 6 unspecified atom stereocenters. The van der Waals surface area contributed by atoms with Crippen molar-refractivity contribution in [3.8, 4) is 0 Å². The van der Waals surface area contributed by atoms with Crippen LogP contribution in [-0.4, -0.2) is 226 Å². The van der Waals surface area contributed by atoms with Crippen molar-refractivity contribution in [2.24, 2.45) is 11.5 Å². The summed E-state index contributed by atoms with van der Waals surface area (Å²) in [6.07, 6.45) is 2.68. The number of imidazole rings is 2. The van der Waals surface area contributed by atoms with Gasteiger partial charge in [-0.3, -0.25) is 52.7 Å². The Kier molecular flexibility index (Phi) is 32.2. The Bertz CT molecular complexity index is 4180. The molecule has 1 fully saturated rings. The monoisotopic (exact) mass is 1540 g/mol. The number of benzene rings is 4. The molecule has 22 N–H and O–H groups in total. The van der Waals surface area contributed by atoms with Gasteiger partial charge in [0.05, 0.1) is 37.5 Å². The minimum atomic E-state index is -1.93. The van der Waals surface area contributed by atoms with Gasteiger partial charge in [0.2, 0.25) is 65.0 Å². The first-order valence-corrected chi connectivity index (χ1v) is 37.7. The highest BCUT2D eigenvalue weighted by Crippen LogP contribution is 2.24. The lowest BCUT2D eigenvalue weighted by Crippen LogP contribution is -2.63. The summed E-state index contributed by atoms with van der Waals surface area (Å²) in [6.45, 7) is 1.31. The van der Waals surface area contributed by atoms with Crippen LogP contribution in [0.3, 0.4) is 0 Å². The number of aliphatic carboxylic acids is 1. The van der Waals surface area contributed by atoms with E-state index in [4.69, 9.17) is 11.5 Å². The molecule has 34 nitrogen and oxygen atoms in total. The Morgan fingerprint density at radius 3 is 1.26 bits per heavy atom. The highest BCUT2D eigenvalue weighted by molar-refractivity contribution is 8.76. The van der Waals surface area contributed by atoms with Crippen LogP contribution in [0.15, 0.2) is 147 Å². The summed E-state index contributed by atoms with van der Waals surface area (Å²) >= 11 is 0. The number of hydrogen-bond acceptors (Lipinski definition) is 21. The number of nitrogens with two attached hydrogens (primary N) is 2. The fraction of sp³-hybridized carbons (Fsp3) is 0.397. The highest BCUT2D eigenvalue weighted by Gasteiger charge is 2.39. The second-order valence-corrected chi connectivity index (χ2v) is 28.7. The van der Waals surface area contributed by atoms with E-state index in [1.54, 1.807) is 121 Å². The van der Waals surface area contributed by atoms with Crippen LogP contribution in [0.5, 0.6) is 0 Å². The minimum Gasteiger partial charge on any atom is -0.480 e. The molecule has 1 saturated heterocycles. The molecule has 7 aromatic rings. The van der Waals surface area contributed by atoms with E-state index in [1.165, 1.54) is 32.0 Å². The number of amides is 11. The molecule has 0 bridgehead atoms. The number of aromatic amines is 3. The summed E-state index contributed by atoms with van der Waals surface area (Å²) in [4.78, 5) is 191. The maximum atomic E-state index is 15.4. The van der Waals surface area contributed by atoms with Gasteiger partial charge >= 0.3 is 5.97 Å². The average Bonchev–Trinajstić information content (AvgIpc) is 1.72. The second-order valence-electron chi connectivity index (χ2n) is 26.2. The van der Waals surface area contributed by atoms with Gasteiger partial charge < -0.3 is 105 Å². The normalized spacial score (nSPS) is 24.3. The number of nitrogens with one attached hydrogen (secondary N) is 14. The molecule has 0 radical (unpaired) electrons. The van der Waals surface area contributed by atoms with Gasteiger partial charge in [0.1, 0.15) is 66.5 Å². The number of H-pyrrole nitrogens is 3. The first-order chi connectivity index (χ1) is 52.4. The van der Waals surface area contributed by atoms with Gasteiger partial charge in [-0.15, -0.1) is 0 Å². The zero-order valence-corrected chi connectivity index (χ0v) is 61.3. The number of aromatic nitrogens is 5. The number of hydrogen-bond donors (Lipinski definition) is 20. The second kappa shape index (κ2) is 41.9. The van der Waals surface area contributed by atoms with Crippen LogP contribution >= 0.6 is 21.6 Å². The van der Waals surface area contributed by atoms with Crippen molar-refractivity contribution in [3.05, 3.63) is 180 Å². The van der Waals surface area contributed by atoms with Crippen LogP contribution in [0.4, 0.5) is 0 Å². The number of carboxylic acids is 1. The Balaban J connectivity index is 1.17. The van der Waals surface area contributed by atoms with Crippen LogP contribution in [0.25, 0.3) is 10.9 Å². The summed E-state index contributed by atoms with van der Waals surface area (Å²) in [5.74, 6) is -13.3. The van der Waals surface area contributed by atoms with Gasteiger partial charge in [-0.05, 0) is 68.0 Å². The lowest BCUT2D eigenvalue weighted by Gasteiger charge is -2.29. The largest absolute Gasteiger partial charge is 0.480 e. The fourth-order valence-corrected chi connectivity index (χ4v) is 14.0. The average molecular weight is 1540 g/mol. The van der Waals surface area contributed by atoms with Gasteiger partial charge in [-0.1, -0.05) is 131 Å². The zero-order chi connectivity index (χ0) is 78.5. The topological polar surface area (TPSA) is 543 Å². The SMILES string of the molecule is C[C@@H](O)[C@@H]1NC(=O)C(Cc2ccccc2)NC(=O)[C@H]([C@@H](C)O)NC(=O)C(CCCCN)NC(=O)C(Cc2c[nH]c3ccccc23)NC(=O)[C@H](Cc2ccccc2)NC(=O)C(Cc2ccccc2)NC(=O)[C@H](Cc2cnc[nH]2)NC(=O)C(Cc2cnc[nH]2)NC(=O)[C@@H](N)CSSC[C@@H](C(=O)O)NC(=O)C(CO)NC1=O. The highest BCUT2D eigenvalue weighted by atomic mass is 33.1. The number of carbonyl (C=O) groups is 12. The van der Waals surface area contributed by atoms with Crippen molar-refractivity contribution >= 4 is 103 Å². The first-order valence-electron chi connectivity index (χ1n) is 35.2. The molecule has 14 atom stereocenters. The Labute approximate surface area is 634 Å². The summed E-state index contributed by atoms with van der Waals surface area (Å²) in [7, 11) is 1.77. The Morgan fingerprint density at radius 1 is 0.450 bits per heavy atom. The van der Waals surface area contributed by atoms with E-state index in [2.05, 4.69) is 83.4 Å². The molecule has 582 valence electrons. The summed E-state index contributed by atoms with van der Waals surface area (Å²) < 4.78 is 0. The first kappa shape index (κ1) is 83.6. The molecule has 3 aromatic heterocycles. The van der Waals surface area contributed by atoms with Crippen LogP contribution in [-0.2, 0) is 96.1 Å². The van der Waals surface area contributed by atoms with Gasteiger partial charge in [0.15, 0.2) is 0 Å². The zero-order valence-electron chi connectivity index (χ0n) is 59.7. The lowest BCUT2D eigenvalue weighted by atomic mass is 10.00.